The van der Waals surface area contributed by atoms with Crippen LogP contribution in [0.25, 0.3) is 0 Å². The number of nitrogens with zero attached hydrogens (tertiary/aromatic N) is 2. The largest absolute Gasteiger partial charge is 0.368 e. The fourth-order valence-corrected chi connectivity index (χ4v) is 3.67. The molecule has 0 saturated carbocycles. The second-order valence-electron chi connectivity index (χ2n) is 5.80. The molecule has 0 aliphatic carbocycles. The van der Waals surface area contributed by atoms with Gasteiger partial charge in [0.1, 0.15) is 11.1 Å². The van der Waals surface area contributed by atoms with Gasteiger partial charge >= 0.3 is 0 Å². The Bertz CT molecular complexity index is 419. The van der Waals surface area contributed by atoms with Gasteiger partial charge in [0, 0.05) is 24.5 Å². The normalized spacial score (nSPS) is 20.8. The summed E-state index contributed by atoms with van der Waals surface area (Å²) in [5.41, 5.74) is 1.26. The summed E-state index contributed by atoms with van der Waals surface area (Å²) < 4.78 is 5.93. The summed E-state index contributed by atoms with van der Waals surface area (Å²) in [6.45, 7) is 11.5. The smallest absolute Gasteiger partial charge is 0.123 e. The zero-order chi connectivity index (χ0) is 14.5. The van der Waals surface area contributed by atoms with Crippen LogP contribution in [0, 0.1) is 5.92 Å². The molecule has 1 aliphatic rings. The summed E-state index contributed by atoms with van der Waals surface area (Å²) in [4.78, 5) is 8.70. The van der Waals surface area contributed by atoms with E-state index in [0.717, 1.165) is 44.2 Å². The predicted octanol–water partition coefficient (Wildman–Crippen LogP) is 2.45. The van der Waals surface area contributed by atoms with Crippen LogP contribution in [-0.2, 0) is 17.7 Å². The second-order valence-corrected chi connectivity index (χ2v) is 6.92. The molecule has 1 unspecified atom stereocenters. The van der Waals surface area contributed by atoms with Crippen LogP contribution < -0.4 is 5.32 Å². The fraction of sp³-hybridized carbons (Fsp3) is 0.800. The molecule has 1 atom stereocenters. The minimum atomic E-state index is 0.158. The third-order valence-corrected chi connectivity index (χ3v) is 4.80. The Labute approximate surface area is 126 Å². The zero-order valence-corrected chi connectivity index (χ0v) is 13.9. The van der Waals surface area contributed by atoms with Crippen LogP contribution in [-0.4, -0.2) is 43.2 Å². The van der Waals surface area contributed by atoms with Crippen molar-refractivity contribution in [3.05, 3.63) is 15.6 Å². The molecular formula is C15H27N3OS. The van der Waals surface area contributed by atoms with Gasteiger partial charge in [-0.2, -0.15) is 0 Å². The summed E-state index contributed by atoms with van der Waals surface area (Å²) in [5.74, 6) is 0.639. The van der Waals surface area contributed by atoms with Crippen molar-refractivity contribution in [2.24, 2.45) is 5.92 Å². The Morgan fingerprint density at radius 1 is 1.50 bits per heavy atom. The van der Waals surface area contributed by atoms with Crippen molar-refractivity contribution in [2.75, 3.05) is 33.3 Å². The summed E-state index contributed by atoms with van der Waals surface area (Å²) in [6, 6.07) is 0. The van der Waals surface area contributed by atoms with Crippen molar-refractivity contribution in [3.8, 4) is 0 Å². The summed E-state index contributed by atoms with van der Waals surface area (Å²) in [6.07, 6.45) is 1.21. The maximum Gasteiger partial charge on any atom is 0.123 e. The Kier molecular flexibility index (Phi) is 5.96. The van der Waals surface area contributed by atoms with Crippen molar-refractivity contribution in [1.29, 1.82) is 0 Å². The highest BCUT2D eigenvalue weighted by Gasteiger charge is 2.25. The van der Waals surface area contributed by atoms with Gasteiger partial charge in [-0.1, -0.05) is 20.8 Å². The number of likely N-dealkylation sites (N-methyl/N-ethyl adjacent to an activating group) is 1. The van der Waals surface area contributed by atoms with E-state index in [9.17, 15) is 0 Å². The lowest BCUT2D eigenvalue weighted by molar-refractivity contribution is -0.0283. The number of rotatable bonds is 6. The van der Waals surface area contributed by atoms with E-state index in [1.54, 1.807) is 0 Å². The van der Waals surface area contributed by atoms with E-state index in [4.69, 9.17) is 9.72 Å². The first kappa shape index (κ1) is 15.9. The molecule has 0 radical (unpaired) electrons. The first-order valence-corrected chi connectivity index (χ1v) is 8.42. The lowest BCUT2D eigenvalue weighted by Crippen LogP contribution is -2.38. The van der Waals surface area contributed by atoms with Crippen molar-refractivity contribution in [2.45, 2.75) is 39.8 Å². The lowest BCUT2D eigenvalue weighted by atomic mass is 10.1. The van der Waals surface area contributed by atoms with E-state index in [2.05, 4.69) is 31.0 Å². The maximum atomic E-state index is 5.93. The summed E-state index contributed by atoms with van der Waals surface area (Å²) in [7, 11) is 1.99. The van der Waals surface area contributed by atoms with Crippen LogP contribution >= 0.6 is 11.3 Å². The summed E-state index contributed by atoms with van der Waals surface area (Å²) in [5, 5.41) is 4.41. The fourth-order valence-electron chi connectivity index (χ4n) is 2.53. The maximum absolute atomic E-state index is 5.93. The predicted molar refractivity (Wildman–Crippen MR) is 84.2 cm³/mol. The van der Waals surface area contributed by atoms with Crippen LogP contribution in [0.3, 0.4) is 0 Å². The minimum Gasteiger partial charge on any atom is -0.368 e. The topological polar surface area (TPSA) is 37.4 Å². The molecule has 5 heteroatoms. The SMILES string of the molecule is CCN1CCOC(c2nc(CC(C)C)c(CNC)s2)C1. The van der Waals surface area contributed by atoms with E-state index >= 15 is 0 Å². The van der Waals surface area contributed by atoms with Gasteiger partial charge in [0.25, 0.3) is 0 Å². The van der Waals surface area contributed by atoms with E-state index in [1.807, 2.05) is 18.4 Å². The average Bonchev–Trinajstić information content (AvgIpc) is 2.82. The average molecular weight is 297 g/mol. The number of nitrogens with one attached hydrogen (secondary N) is 1. The number of hydrogen-bond donors (Lipinski definition) is 1. The van der Waals surface area contributed by atoms with E-state index in [1.165, 1.54) is 10.6 Å². The molecule has 0 spiro atoms. The molecule has 20 heavy (non-hydrogen) atoms. The molecular weight excluding hydrogens is 270 g/mol. The Hall–Kier alpha value is -0.490. The molecule has 1 fully saturated rings. The van der Waals surface area contributed by atoms with E-state index in [0.29, 0.717) is 5.92 Å². The number of ether oxygens (including phenoxy) is 1. The van der Waals surface area contributed by atoms with Gasteiger partial charge in [-0.05, 0) is 25.9 Å². The summed E-state index contributed by atoms with van der Waals surface area (Å²) >= 11 is 1.82. The van der Waals surface area contributed by atoms with Crippen molar-refractivity contribution >= 4 is 11.3 Å². The van der Waals surface area contributed by atoms with Gasteiger partial charge in [0.05, 0.1) is 12.3 Å². The molecule has 0 amide bonds. The molecule has 1 aromatic rings. The molecule has 0 bridgehead atoms. The van der Waals surface area contributed by atoms with Gasteiger partial charge in [0.15, 0.2) is 0 Å². The van der Waals surface area contributed by atoms with Crippen LogP contribution in [0.5, 0.6) is 0 Å². The first-order chi connectivity index (χ1) is 9.63. The van der Waals surface area contributed by atoms with Gasteiger partial charge < -0.3 is 10.1 Å². The number of hydrogen-bond acceptors (Lipinski definition) is 5. The van der Waals surface area contributed by atoms with Crippen molar-refractivity contribution < 1.29 is 4.74 Å². The molecule has 2 heterocycles. The highest BCUT2D eigenvalue weighted by Crippen LogP contribution is 2.29. The van der Waals surface area contributed by atoms with Crippen molar-refractivity contribution in [3.63, 3.8) is 0 Å². The number of morpholine rings is 1. The standard InChI is InChI=1S/C15H27N3OS/c1-5-18-6-7-19-13(10-18)15-17-12(8-11(2)3)14(20-15)9-16-4/h11,13,16H,5-10H2,1-4H3. The van der Waals surface area contributed by atoms with Crippen LogP contribution in [0.2, 0.25) is 0 Å². The molecule has 1 saturated heterocycles. The van der Waals surface area contributed by atoms with E-state index in [-0.39, 0.29) is 6.10 Å². The third-order valence-electron chi connectivity index (χ3n) is 3.61. The van der Waals surface area contributed by atoms with Gasteiger partial charge in [-0.25, -0.2) is 4.98 Å². The van der Waals surface area contributed by atoms with Gasteiger partial charge in [-0.3, -0.25) is 4.90 Å². The second kappa shape index (κ2) is 7.50. The Morgan fingerprint density at radius 2 is 2.30 bits per heavy atom. The molecule has 4 nitrogen and oxygen atoms in total. The third kappa shape index (κ3) is 4.01. The van der Waals surface area contributed by atoms with Crippen molar-refractivity contribution in [1.82, 2.24) is 15.2 Å². The Morgan fingerprint density at radius 3 is 2.95 bits per heavy atom. The quantitative estimate of drug-likeness (QED) is 0.875. The van der Waals surface area contributed by atoms with E-state index < -0.39 is 0 Å². The highest BCUT2D eigenvalue weighted by atomic mass is 32.1. The molecule has 1 N–H and O–H groups in total. The van der Waals surface area contributed by atoms with Crippen LogP contribution in [0.4, 0.5) is 0 Å². The highest BCUT2D eigenvalue weighted by molar-refractivity contribution is 7.11. The molecule has 1 aromatic heterocycles. The van der Waals surface area contributed by atoms with Gasteiger partial charge in [-0.15, -0.1) is 11.3 Å². The lowest BCUT2D eigenvalue weighted by Gasteiger charge is -2.30. The van der Waals surface area contributed by atoms with Crippen LogP contribution in [0.15, 0.2) is 0 Å². The molecule has 114 valence electrons. The zero-order valence-electron chi connectivity index (χ0n) is 13.1. The van der Waals surface area contributed by atoms with Gasteiger partial charge in [0.2, 0.25) is 0 Å². The minimum absolute atomic E-state index is 0.158. The number of thiazole rings is 1. The first-order valence-electron chi connectivity index (χ1n) is 7.61. The molecule has 1 aliphatic heterocycles. The number of aromatic nitrogens is 1. The molecule has 2 rings (SSSR count). The monoisotopic (exact) mass is 297 g/mol. The van der Waals surface area contributed by atoms with Crippen LogP contribution in [0.1, 0.15) is 42.5 Å². The molecule has 0 aromatic carbocycles. The Balaban J connectivity index is 2.14.